The highest BCUT2D eigenvalue weighted by molar-refractivity contribution is 9.10. The van der Waals surface area contributed by atoms with Crippen LogP contribution in [0, 0.1) is 0 Å². The van der Waals surface area contributed by atoms with Crippen molar-refractivity contribution in [2.75, 3.05) is 0 Å². The maximum atomic E-state index is 12.1. The van der Waals surface area contributed by atoms with E-state index in [1.54, 1.807) is 6.20 Å². The van der Waals surface area contributed by atoms with Crippen LogP contribution in [0.25, 0.3) is 0 Å². The summed E-state index contributed by atoms with van der Waals surface area (Å²) >= 11 is 3.47. The molecular formula is C15H17BrN2O. The van der Waals surface area contributed by atoms with E-state index in [-0.39, 0.29) is 5.78 Å². The zero-order valence-corrected chi connectivity index (χ0v) is 12.6. The van der Waals surface area contributed by atoms with Crippen LogP contribution in [0.1, 0.15) is 24.7 Å². The Morgan fingerprint density at radius 3 is 2.84 bits per heavy atom. The molecule has 0 aliphatic heterocycles. The topological polar surface area (TPSA) is 34.9 Å². The van der Waals surface area contributed by atoms with Crippen molar-refractivity contribution in [1.82, 2.24) is 9.55 Å². The highest BCUT2D eigenvalue weighted by Gasteiger charge is 2.11. The van der Waals surface area contributed by atoms with Gasteiger partial charge in [-0.3, -0.25) is 4.79 Å². The molecule has 0 aliphatic rings. The van der Waals surface area contributed by atoms with E-state index < -0.39 is 0 Å². The summed E-state index contributed by atoms with van der Waals surface area (Å²) in [5, 5.41) is 0. The molecule has 1 aromatic carbocycles. The van der Waals surface area contributed by atoms with Crippen LogP contribution in [-0.4, -0.2) is 15.3 Å². The Morgan fingerprint density at radius 1 is 1.32 bits per heavy atom. The van der Waals surface area contributed by atoms with Crippen LogP contribution in [0.3, 0.4) is 0 Å². The van der Waals surface area contributed by atoms with Gasteiger partial charge in [0.25, 0.3) is 0 Å². The molecule has 3 nitrogen and oxygen atoms in total. The van der Waals surface area contributed by atoms with Gasteiger partial charge in [-0.05, 0) is 18.1 Å². The minimum Gasteiger partial charge on any atom is -0.335 e. The fourth-order valence-corrected chi connectivity index (χ4v) is 2.47. The molecule has 0 saturated heterocycles. The zero-order chi connectivity index (χ0) is 13.7. The van der Waals surface area contributed by atoms with Gasteiger partial charge in [0.1, 0.15) is 11.6 Å². The standard InChI is InChI=1S/C15H17BrN2O/c1-2-8-18-9-7-17-15(18)11-13(19)10-12-5-3-4-6-14(12)16/h3-7,9H,2,8,10-11H2,1H3. The molecular weight excluding hydrogens is 304 g/mol. The van der Waals surface area contributed by atoms with Crippen molar-refractivity contribution in [3.63, 3.8) is 0 Å². The van der Waals surface area contributed by atoms with E-state index in [0.717, 1.165) is 28.8 Å². The van der Waals surface area contributed by atoms with E-state index in [0.29, 0.717) is 12.8 Å². The molecule has 100 valence electrons. The summed E-state index contributed by atoms with van der Waals surface area (Å²) in [6.45, 7) is 3.03. The monoisotopic (exact) mass is 320 g/mol. The van der Waals surface area contributed by atoms with Crippen molar-refractivity contribution in [1.29, 1.82) is 0 Å². The van der Waals surface area contributed by atoms with Crippen molar-refractivity contribution >= 4 is 21.7 Å². The summed E-state index contributed by atoms with van der Waals surface area (Å²) < 4.78 is 3.04. The van der Waals surface area contributed by atoms with E-state index in [1.165, 1.54) is 0 Å². The lowest BCUT2D eigenvalue weighted by Gasteiger charge is -2.06. The number of aromatic nitrogens is 2. The van der Waals surface area contributed by atoms with Crippen LogP contribution in [0.5, 0.6) is 0 Å². The fourth-order valence-electron chi connectivity index (χ4n) is 2.04. The number of benzene rings is 1. The van der Waals surface area contributed by atoms with Gasteiger partial charge in [-0.25, -0.2) is 4.98 Å². The van der Waals surface area contributed by atoms with E-state index >= 15 is 0 Å². The van der Waals surface area contributed by atoms with E-state index in [9.17, 15) is 4.79 Å². The summed E-state index contributed by atoms with van der Waals surface area (Å²) in [5.41, 5.74) is 1.03. The number of ketones is 1. The van der Waals surface area contributed by atoms with Crippen LogP contribution in [0.2, 0.25) is 0 Å². The molecule has 0 unspecified atom stereocenters. The summed E-state index contributed by atoms with van der Waals surface area (Å²) in [7, 11) is 0. The molecule has 0 bridgehead atoms. The maximum absolute atomic E-state index is 12.1. The number of carbonyl (C=O) groups excluding carboxylic acids is 1. The van der Waals surface area contributed by atoms with Gasteiger partial charge >= 0.3 is 0 Å². The summed E-state index contributed by atoms with van der Waals surface area (Å²) in [6, 6.07) is 7.83. The number of nitrogens with zero attached hydrogens (tertiary/aromatic N) is 2. The summed E-state index contributed by atoms with van der Waals surface area (Å²) in [4.78, 5) is 16.4. The predicted octanol–water partition coefficient (Wildman–Crippen LogP) is 3.41. The third kappa shape index (κ3) is 3.77. The maximum Gasteiger partial charge on any atom is 0.144 e. The van der Waals surface area contributed by atoms with Crippen molar-refractivity contribution in [3.8, 4) is 0 Å². The number of halogens is 1. The van der Waals surface area contributed by atoms with Crippen molar-refractivity contribution in [3.05, 3.63) is 52.5 Å². The molecule has 2 aromatic rings. The third-order valence-electron chi connectivity index (χ3n) is 2.97. The summed E-state index contributed by atoms with van der Waals surface area (Å²) in [6.07, 6.45) is 5.58. The lowest BCUT2D eigenvalue weighted by Crippen LogP contribution is -2.12. The first-order valence-electron chi connectivity index (χ1n) is 6.45. The molecule has 19 heavy (non-hydrogen) atoms. The lowest BCUT2D eigenvalue weighted by atomic mass is 10.1. The van der Waals surface area contributed by atoms with Crippen LogP contribution in [-0.2, 0) is 24.2 Å². The second-order valence-corrected chi connectivity index (χ2v) is 5.37. The second-order valence-electron chi connectivity index (χ2n) is 4.52. The number of aryl methyl sites for hydroxylation is 1. The van der Waals surface area contributed by atoms with Crippen LogP contribution in [0.15, 0.2) is 41.1 Å². The molecule has 0 atom stereocenters. The Labute approximate surface area is 121 Å². The van der Waals surface area contributed by atoms with Gasteiger partial charge in [-0.1, -0.05) is 41.1 Å². The van der Waals surface area contributed by atoms with Gasteiger partial charge in [0, 0.05) is 29.8 Å². The van der Waals surface area contributed by atoms with Crippen molar-refractivity contribution < 1.29 is 4.79 Å². The first-order valence-corrected chi connectivity index (χ1v) is 7.25. The van der Waals surface area contributed by atoms with Gasteiger partial charge in [-0.15, -0.1) is 0 Å². The largest absolute Gasteiger partial charge is 0.335 e. The average Bonchev–Trinajstić information content (AvgIpc) is 2.80. The molecule has 0 amide bonds. The molecule has 0 saturated carbocycles. The molecule has 1 heterocycles. The molecule has 2 rings (SSSR count). The van der Waals surface area contributed by atoms with Gasteiger partial charge < -0.3 is 4.57 Å². The number of Topliss-reactive ketones (excluding diaryl/α,β-unsaturated/α-hetero) is 1. The number of carbonyl (C=O) groups is 1. The average molecular weight is 321 g/mol. The summed E-state index contributed by atoms with van der Waals surface area (Å²) in [5.74, 6) is 1.05. The Balaban J connectivity index is 2.02. The van der Waals surface area contributed by atoms with Gasteiger partial charge in [0.2, 0.25) is 0 Å². The number of rotatable bonds is 6. The lowest BCUT2D eigenvalue weighted by molar-refractivity contribution is -0.117. The van der Waals surface area contributed by atoms with Gasteiger partial charge in [-0.2, -0.15) is 0 Å². The van der Waals surface area contributed by atoms with Crippen molar-refractivity contribution in [2.24, 2.45) is 0 Å². The van der Waals surface area contributed by atoms with Gasteiger partial charge in [0.15, 0.2) is 0 Å². The highest BCUT2D eigenvalue weighted by Crippen LogP contribution is 2.17. The minimum absolute atomic E-state index is 0.190. The van der Waals surface area contributed by atoms with Crippen LogP contribution < -0.4 is 0 Å². The van der Waals surface area contributed by atoms with Crippen LogP contribution in [0.4, 0.5) is 0 Å². The molecule has 1 aromatic heterocycles. The minimum atomic E-state index is 0.190. The molecule has 0 N–H and O–H groups in total. The Kier molecular flexibility index (Phi) is 4.91. The highest BCUT2D eigenvalue weighted by atomic mass is 79.9. The predicted molar refractivity (Wildman–Crippen MR) is 79.1 cm³/mol. The number of imidazole rings is 1. The number of hydrogen-bond acceptors (Lipinski definition) is 2. The molecule has 0 radical (unpaired) electrons. The Morgan fingerprint density at radius 2 is 2.11 bits per heavy atom. The molecule has 0 spiro atoms. The van der Waals surface area contributed by atoms with Gasteiger partial charge in [0.05, 0.1) is 6.42 Å². The van der Waals surface area contributed by atoms with E-state index in [1.807, 2.05) is 30.5 Å². The first kappa shape index (κ1) is 14.0. The smallest absolute Gasteiger partial charge is 0.144 e. The Bertz CT molecular complexity index is 563. The number of hydrogen-bond donors (Lipinski definition) is 0. The molecule has 0 fully saturated rings. The van der Waals surface area contributed by atoms with Crippen molar-refractivity contribution in [2.45, 2.75) is 32.7 Å². The van der Waals surface area contributed by atoms with E-state index in [2.05, 4.69) is 32.4 Å². The van der Waals surface area contributed by atoms with Crippen LogP contribution >= 0.6 is 15.9 Å². The Hall–Kier alpha value is -1.42. The normalized spacial score (nSPS) is 10.6. The first-order chi connectivity index (χ1) is 9.20. The third-order valence-corrected chi connectivity index (χ3v) is 3.74. The fraction of sp³-hybridized carbons (Fsp3) is 0.333. The SMILES string of the molecule is CCCn1ccnc1CC(=O)Cc1ccccc1Br. The quantitative estimate of drug-likeness (QED) is 0.817. The second kappa shape index (κ2) is 6.66. The zero-order valence-electron chi connectivity index (χ0n) is 11.0. The molecule has 4 heteroatoms. The molecule has 0 aliphatic carbocycles. The van der Waals surface area contributed by atoms with E-state index in [4.69, 9.17) is 0 Å².